The molecule has 3 aromatic carbocycles. The maximum absolute atomic E-state index is 13.2. The lowest BCUT2D eigenvalue weighted by atomic mass is 10.0. The van der Waals surface area contributed by atoms with E-state index in [2.05, 4.69) is 34.5 Å². The maximum Gasteiger partial charge on any atom is 0.287 e. The molecule has 0 saturated carbocycles. The Kier molecular flexibility index (Phi) is 6.40. The van der Waals surface area contributed by atoms with E-state index < -0.39 is 0 Å². The zero-order valence-corrected chi connectivity index (χ0v) is 18.6. The molecule has 0 unspecified atom stereocenters. The number of likely N-dealkylation sites (tertiary alicyclic amines) is 1. The third-order valence-electron chi connectivity index (χ3n) is 6.20. The average molecular weight is 441 g/mol. The highest BCUT2D eigenvalue weighted by molar-refractivity contribution is 5.99. The van der Waals surface area contributed by atoms with Crippen LogP contribution in [-0.2, 0) is 13.2 Å². The molecule has 1 saturated heterocycles. The molecule has 1 aliphatic rings. The Balaban J connectivity index is 1.25. The summed E-state index contributed by atoms with van der Waals surface area (Å²) in [5.74, 6) is 0.943. The van der Waals surface area contributed by atoms with Gasteiger partial charge in [0, 0.05) is 36.6 Å². The first kappa shape index (κ1) is 21.3. The lowest BCUT2D eigenvalue weighted by molar-refractivity contribution is 0.0879. The number of rotatable bonds is 7. The molecule has 1 aliphatic heterocycles. The van der Waals surface area contributed by atoms with E-state index in [0.29, 0.717) is 11.3 Å². The van der Waals surface area contributed by atoms with Crippen LogP contribution in [0.3, 0.4) is 0 Å². The van der Waals surface area contributed by atoms with Crippen LogP contribution >= 0.6 is 0 Å². The topological polar surface area (TPSA) is 54.7 Å². The quantitative estimate of drug-likeness (QED) is 0.418. The van der Waals surface area contributed by atoms with Crippen LogP contribution in [0.1, 0.15) is 34.5 Å². The maximum atomic E-state index is 13.2. The number of piperidine rings is 1. The van der Waals surface area contributed by atoms with Crippen molar-refractivity contribution in [2.75, 3.05) is 13.1 Å². The summed E-state index contributed by atoms with van der Waals surface area (Å²) in [6, 6.07) is 28.0. The lowest BCUT2D eigenvalue weighted by Crippen LogP contribution is -2.44. The average Bonchev–Trinajstić information content (AvgIpc) is 3.24. The summed E-state index contributed by atoms with van der Waals surface area (Å²) in [6.07, 6.45) is 1.85. The number of furan rings is 1. The summed E-state index contributed by atoms with van der Waals surface area (Å²) in [5.41, 5.74) is 2.81. The van der Waals surface area contributed by atoms with E-state index in [1.165, 1.54) is 5.56 Å². The molecular formula is C28H28N2O3. The molecule has 0 aliphatic carbocycles. The number of amides is 1. The highest BCUT2D eigenvalue weighted by atomic mass is 16.5. The minimum atomic E-state index is -0.167. The van der Waals surface area contributed by atoms with Gasteiger partial charge in [-0.25, -0.2) is 0 Å². The molecule has 5 heteroatoms. The summed E-state index contributed by atoms with van der Waals surface area (Å²) in [4.78, 5) is 15.7. The predicted octanol–water partition coefficient (Wildman–Crippen LogP) is 5.41. The van der Waals surface area contributed by atoms with Gasteiger partial charge in [-0.15, -0.1) is 0 Å². The summed E-state index contributed by atoms with van der Waals surface area (Å²) in [7, 11) is 0. The molecule has 1 N–H and O–H groups in total. The number of para-hydroxylation sites is 2. The number of benzene rings is 3. The largest absolute Gasteiger partial charge is 0.489 e. The number of hydrogen-bond acceptors (Lipinski definition) is 4. The van der Waals surface area contributed by atoms with Gasteiger partial charge in [0.15, 0.2) is 5.76 Å². The third-order valence-corrected chi connectivity index (χ3v) is 6.20. The molecule has 4 aromatic rings. The van der Waals surface area contributed by atoms with Crippen LogP contribution in [0.4, 0.5) is 0 Å². The van der Waals surface area contributed by atoms with Crippen LogP contribution in [0.2, 0.25) is 0 Å². The predicted molar refractivity (Wildman–Crippen MR) is 129 cm³/mol. The first-order valence-electron chi connectivity index (χ1n) is 11.5. The molecule has 0 spiro atoms. The molecule has 1 fully saturated rings. The molecular weight excluding hydrogens is 412 g/mol. The van der Waals surface area contributed by atoms with Crippen molar-refractivity contribution in [3.8, 4) is 5.75 Å². The van der Waals surface area contributed by atoms with Crippen LogP contribution in [0, 0.1) is 0 Å². The molecule has 1 aromatic heterocycles. The minimum absolute atomic E-state index is 0.139. The highest BCUT2D eigenvalue weighted by Gasteiger charge is 2.25. The Hall–Kier alpha value is -3.57. The fourth-order valence-electron chi connectivity index (χ4n) is 4.43. The van der Waals surface area contributed by atoms with Crippen LogP contribution in [-0.4, -0.2) is 29.9 Å². The standard InChI is InChI=1S/C28H28N2O3/c31-28(29-22-15-17-30(18-16-22)19-21-9-3-1-4-10-21)27-25(20-32-23-11-5-2-6-12-23)24-13-7-8-14-26(24)33-27/h1-14,22H,15-20H2,(H,29,31). The van der Waals surface area contributed by atoms with Crippen molar-refractivity contribution in [2.24, 2.45) is 0 Å². The summed E-state index contributed by atoms with van der Waals surface area (Å²) in [5, 5.41) is 4.12. The summed E-state index contributed by atoms with van der Waals surface area (Å²) < 4.78 is 12.0. The number of fused-ring (bicyclic) bond motifs is 1. The molecule has 0 bridgehead atoms. The fraction of sp³-hybridized carbons (Fsp3) is 0.250. The first-order chi connectivity index (χ1) is 16.3. The van der Waals surface area contributed by atoms with E-state index in [-0.39, 0.29) is 18.6 Å². The summed E-state index contributed by atoms with van der Waals surface area (Å²) >= 11 is 0. The van der Waals surface area contributed by atoms with E-state index in [0.717, 1.165) is 49.2 Å². The van der Waals surface area contributed by atoms with Crippen LogP contribution in [0.25, 0.3) is 11.0 Å². The van der Waals surface area contributed by atoms with Crippen molar-refractivity contribution in [3.63, 3.8) is 0 Å². The Bertz CT molecular complexity index is 1200. The van der Waals surface area contributed by atoms with Gasteiger partial charge in [0.05, 0.1) is 0 Å². The molecule has 1 amide bonds. The normalized spacial score (nSPS) is 14.9. The van der Waals surface area contributed by atoms with Gasteiger partial charge in [-0.2, -0.15) is 0 Å². The van der Waals surface area contributed by atoms with Crippen molar-refractivity contribution in [2.45, 2.75) is 32.0 Å². The second kappa shape index (κ2) is 9.92. The van der Waals surface area contributed by atoms with E-state index in [1.54, 1.807) is 0 Å². The third kappa shape index (κ3) is 5.10. The number of carbonyl (C=O) groups is 1. The molecule has 33 heavy (non-hydrogen) atoms. The number of nitrogens with one attached hydrogen (secondary N) is 1. The van der Waals surface area contributed by atoms with Gasteiger partial charge in [0.2, 0.25) is 0 Å². The van der Waals surface area contributed by atoms with Gasteiger partial charge in [-0.05, 0) is 36.6 Å². The Labute approximate surface area is 194 Å². The zero-order chi connectivity index (χ0) is 22.5. The molecule has 5 rings (SSSR count). The smallest absolute Gasteiger partial charge is 0.287 e. The van der Waals surface area contributed by atoms with Crippen LogP contribution < -0.4 is 10.1 Å². The van der Waals surface area contributed by atoms with E-state index in [9.17, 15) is 4.79 Å². The van der Waals surface area contributed by atoms with Gasteiger partial charge >= 0.3 is 0 Å². The number of ether oxygens (including phenoxy) is 1. The van der Waals surface area contributed by atoms with Crippen LogP contribution in [0.15, 0.2) is 89.3 Å². The van der Waals surface area contributed by atoms with E-state index >= 15 is 0 Å². The van der Waals surface area contributed by atoms with Crippen molar-refractivity contribution in [1.29, 1.82) is 0 Å². The molecule has 2 heterocycles. The second-order valence-electron chi connectivity index (χ2n) is 8.52. The molecule has 5 nitrogen and oxygen atoms in total. The monoisotopic (exact) mass is 440 g/mol. The zero-order valence-electron chi connectivity index (χ0n) is 18.6. The van der Waals surface area contributed by atoms with Gasteiger partial charge in [-0.1, -0.05) is 66.7 Å². The van der Waals surface area contributed by atoms with Crippen molar-refractivity contribution in [3.05, 3.63) is 102 Å². The van der Waals surface area contributed by atoms with Crippen molar-refractivity contribution in [1.82, 2.24) is 10.2 Å². The van der Waals surface area contributed by atoms with E-state index in [4.69, 9.17) is 9.15 Å². The number of nitrogens with zero attached hydrogens (tertiary/aromatic N) is 1. The number of carbonyl (C=O) groups excluding carboxylic acids is 1. The van der Waals surface area contributed by atoms with Crippen LogP contribution in [0.5, 0.6) is 5.75 Å². The van der Waals surface area contributed by atoms with Gasteiger partial charge in [-0.3, -0.25) is 9.69 Å². The molecule has 0 atom stereocenters. The highest BCUT2D eigenvalue weighted by Crippen LogP contribution is 2.28. The fourth-order valence-corrected chi connectivity index (χ4v) is 4.43. The minimum Gasteiger partial charge on any atom is -0.489 e. The Morgan fingerprint density at radius 2 is 1.58 bits per heavy atom. The van der Waals surface area contributed by atoms with Crippen molar-refractivity contribution >= 4 is 16.9 Å². The first-order valence-corrected chi connectivity index (χ1v) is 11.5. The van der Waals surface area contributed by atoms with E-state index in [1.807, 2.05) is 60.7 Å². The SMILES string of the molecule is O=C(NC1CCN(Cc2ccccc2)CC1)c1oc2ccccc2c1COc1ccccc1. The van der Waals surface area contributed by atoms with Crippen molar-refractivity contribution < 1.29 is 13.9 Å². The van der Waals surface area contributed by atoms with Gasteiger partial charge in [0.25, 0.3) is 5.91 Å². The second-order valence-corrected chi connectivity index (χ2v) is 8.52. The Morgan fingerprint density at radius 3 is 2.33 bits per heavy atom. The molecule has 0 radical (unpaired) electrons. The Morgan fingerprint density at radius 1 is 0.909 bits per heavy atom. The number of hydrogen-bond donors (Lipinski definition) is 1. The lowest BCUT2D eigenvalue weighted by Gasteiger charge is -2.32. The van der Waals surface area contributed by atoms with Gasteiger partial charge in [0.1, 0.15) is 17.9 Å². The van der Waals surface area contributed by atoms with Gasteiger partial charge < -0.3 is 14.5 Å². The summed E-state index contributed by atoms with van der Waals surface area (Å²) in [6.45, 7) is 3.15. The molecule has 168 valence electrons.